The molecule has 0 aromatic carbocycles. The monoisotopic (exact) mass is 321 g/mol. The van der Waals surface area contributed by atoms with E-state index in [1.165, 1.54) is 22.2 Å². The van der Waals surface area contributed by atoms with Gasteiger partial charge in [0.05, 0.1) is 5.25 Å². The molecule has 1 atom stereocenters. The van der Waals surface area contributed by atoms with Crippen molar-refractivity contribution in [3.05, 3.63) is 28.9 Å². The summed E-state index contributed by atoms with van der Waals surface area (Å²) in [5.74, 6) is 0.735. The summed E-state index contributed by atoms with van der Waals surface area (Å²) < 4.78 is 0. The van der Waals surface area contributed by atoms with E-state index in [1.54, 1.807) is 17.4 Å². The lowest BCUT2D eigenvalue weighted by molar-refractivity contribution is -0.120. The SMILES string of the molecule is C=CCNC(=O)C(C)Sc1nc(C)nc2sc(C)c(C)c12. The van der Waals surface area contributed by atoms with Crippen LogP contribution in [-0.4, -0.2) is 27.7 Å². The van der Waals surface area contributed by atoms with Gasteiger partial charge >= 0.3 is 0 Å². The van der Waals surface area contributed by atoms with Crippen molar-refractivity contribution in [2.45, 2.75) is 38.0 Å². The van der Waals surface area contributed by atoms with E-state index < -0.39 is 0 Å². The number of fused-ring (bicyclic) bond motifs is 1. The Bertz CT molecular complexity index is 694. The van der Waals surface area contributed by atoms with Crippen LogP contribution in [0, 0.1) is 20.8 Å². The lowest BCUT2D eigenvalue weighted by Crippen LogP contribution is -2.30. The molecular weight excluding hydrogens is 302 g/mol. The van der Waals surface area contributed by atoms with Gasteiger partial charge in [-0.15, -0.1) is 17.9 Å². The van der Waals surface area contributed by atoms with Gasteiger partial charge in [-0.25, -0.2) is 9.97 Å². The van der Waals surface area contributed by atoms with Gasteiger partial charge in [0.25, 0.3) is 0 Å². The molecule has 6 heteroatoms. The maximum absolute atomic E-state index is 12.0. The third kappa shape index (κ3) is 3.44. The van der Waals surface area contributed by atoms with Crippen LogP contribution in [0.4, 0.5) is 0 Å². The van der Waals surface area contributed by atoms with Crippen molar-refractivity contribution in [3.8, 4) is 0 Å². The smallest absolute Gasteiger partial charge is 0.233 e. The van der Waals surface area contributed by atoms with Gasteiger partial charge in [-0.05, 0) is 33.3 Å². The second kappa shape index (κ2) is 6.58. The average molecular weight is 321 g/mol. The van der Waals surface area contributed by atoms with E-state index in [9.17, 15) is 4.79 Å². The Morgan fingerprint density at radius 1 is 1.43 bits per heavy atom. The number of nitrogens with zero attached hydrogens (tertiary/aromatic N) is 2. The van der Waals surface area contributed by atoms with Crippen molar-refractivity contribution in [1.82, 2.24) is 15.3 Å². The fraction of sp³-hybridized carbons (Fsp3) is 0.400. The van der Waals surface area contributed by atoms with Crippen LogP contribution >= 0.6 is 23.1 Å². The molecule has 2 heterocycles. The first-order valence-electron chi connectivity index (χ1n) is 6.73. The first-order chi connectivity index (χ1) is 9.93. The quantitative estimate of drug-likeness (QED) is 0.521. The third-order valence-electron chi connectivity index (χ3n) is 3.19. The topological polar surface area (TPSA) is 54.9 Å². The molecule has 112 valence electrons. The largest absolute Gasteiger partial charge is 0.352 e. The summed E-state index contributed by atoms with van der Waals surface area (Å²) >= 11 is 3.16. The molecule has 0 radical (unpaired) electrons. The Hall–Kier alpha value is -1.40. The molecule has 0 spiro atoms. The van der Waals surface area contributed by atoms with Gasteiger partial charge in [-0.1, -0.05) is 17.8 Å². The average Bonchev–Trinajstić information content (AvgIpc) is 2.70. The van der Waals surface area contributed by atoms with Crippen molar-refractivity contribution < 1.29 is 4.79 Å². The minimum absolute atomic E-state index is 0.00563. The van der Waals surface area contributed by atoms with Gasteiger partial charge in [0.1, 0.15) is 15.7 Å². The first-order valence-corrected chi connectivity index (χ1v) is 8.43. The highest BCUT2D eigenvalue weighted by molar-refractivity contribution is 8.00. The molecule has 2 aromatic rings. The number of aromatic nitrogens is 2. The molecule has 0 aliphatic carbocycles. The Kier molecular flexibility index (Phi) is 5.00. The summed E-state index contributed by atoms with van der Waals surface area (Å²) in [5.41, 5.74) is 1.20. The molecule has 4 nitrogen and oxygen atoms in total. The molecule has 0 aliphatic heterocycles. The highest BCUT2D eigenvalue weighted by atomic mass is 32.2. The molecule has 0 aliphatic rings. The number of thiophene rings is 1. The zero-order chi connectivity index (χ0) is 15.6. The van der Waals surface area contributed by atoms with Crippen LogP contribution in [0.25, 0.3) is 10.2 Å². The highest BCUT2D eigenvalue weighted by Gasteiger charge is 2.19. The summed E-state index contributed by atoms with van der Waals surface area (Å²) in [6.07, 6.45) is 1.68. The third-order valence-corrected chi connectivity index (χ3v) is 5.37. The van der Waals surface area contributed by atoms with Crippen molar-refractivity contribution in [3.63, 3.8) is 0 Å². The minimum atomic E-state index is -0.206. The summed E-state index contributed by atoms with van der Waals surface area (Å²) in [6.45, 7) is 12.0. The summed E-state index contributed by atoms with van der Waals surface area (Å²) in [7, 11) is 0. The van der Waals surface area contributed by atoms with Crippen LogP contribution in [-0.2, 0) is 4.79 Å². The normalized spacial score (nSPS) is 12.4. The fourth-order valence-corrected chi connectivity index (χ4v) is 4.15. The lowest BCUT2D eigenvalue weighted by Gasteiger charge is -2.11. The van der Waals surface area contributed by atoms with Crippen LogP contribution < -0.4 is 5.32 Å². The highest BCUT2D eigenvalue weighted by Crippen LogP contribution is 2.36. The maximum atomic E-state index is 12.0. The molecule has 1 unspecified atom stereocenters. The number of rotatable bonds is 5. The maximum Gasteiger partial charge on any atom is 0.233 e. The molecule has 21 heavy (non-hydrogen) atoms. The molecule has 0 saturated heterocycles. The fourth-order valence-electron chi connectivity index (χ4n) is 1.94. The second-order valence-electron chi connectivity index (χ2n) is 4.83. The van der Waals surface area contributed by atoms with Crippen molar-refractivity contribution in [2.24, 2.45) is 0 Å². The zero-order valence-electron chi connectivity index (χ0n) is 12.7. The van der Waals surface area contributed by atoms with Crippen LogP contribution in [0.15, 0.2) is 17.7 Å². The second-order valence-corrected chi connectivity index (χ2v) is 7.37. The molecule has 1 N–H and O–H groups in total. The van der Waals surface area contributed by atoms with E-state index in [2.05, 4.69) is 35.7 Å². The van der Waals surface area contributed by atoms with E-state index in [-0.39, 0.29) is 11.2 Å². The van der Waals surface area contributed by atoms with E-state index >= 15 is 0 Å². The standard InChI is InChI=1S/C15H19N3OS2/c1-6-7-16-13(19)10(4)21-15-12-8(2)9(3)20-14(12)17-11(5)18-15/h6,10H,1,7H2,2-5H3,(H,16,19). The number of nitrogens with one attached hydrogen (secondary N) is 1. The molecule has 2 aromatic heterocycles. The van der Waals surface area contributed by atoms with Crippen molar-refractivity contribution in [2.75, 3.05) is 6.54 Å². The molecule has 0 fully saturated rings. The predicted octanol–water partition coefficient (Wildman–Crippen LogP) is 3.40. The number of thioether (sulfide) groups is 1. The summed E-state index contributed by atoms with van der Waals surface area (Å²) in [4.78, 5) is 23.3. The molecule has 2 rings (SSSR count). The van der Waals surface area contributed by atoms with E-state index in [0.717, 1.165) is 21.1 Å². The van der Waals surface area contributed by atoms with E-state index in [0.29, 0.717) is 6.54 Å². The Balaban J connectivity index is 2.33. The van der Waals surface area contributed by atoms with Crippen LogP contribution in [0.5, 0.6) is 0 Å². The molecule has 0 bridgehead atoms. The number of hydrogen-bond acceptors (Lipinski definition) is 5. The lowest BCUT2D eigenvalue weighted by atomic mass is 10.2. The van der Waals surface area contributed by atoms with Crippen LogP contribution in [0.2, 0.25) is 0 Å². The number of hydrogen-bond donors (Lipinski definition) is 1. The zero-order valence-corrected chi connectivity index (χ0v) is 14.3. The van der Waals surface area contributed by atoms with Crippen molar-refractivity contribution in [1.29, 1.82) is 0 Å². The van der Waals surface area contributed by atoms with Gasteiger partial charge in [-0.2, -0.15) is 0 Å². The number of carbonyl (C=O) groups is 1. The van der Waals surface area contributed by atoms with Gasteiger partial charge in [-0.3, -0.25) is 4.79 Å². The summed E-state index contributed by atoms with van der Waals surface area (Å²) in [5, 5.41) is 4.58. The van der Waals surface area contributed by atoms with Crippen LogP contribution in [0.3, 0.4) is 0 Å². The van der Waals surface area contributed by atoms with Crippen LogP contribution in [0.1, 0.15) is 23.2 Å². The Morgan fingerprint density at radius 2 is 2.14 bits per heavy atom. The number of amides is 1. The minimum Gasteiger partial charge on any atom is -0.352 e. The van der Waals surface area contributed by atoms with Gasteiger partial charge < -0.3 is 5.32 Å². The summed E-state index contributed by atoms with van der Waals surface area (Å²) in [6, 6.07) is 0. The van der Waals surface area contributed by atoms with Crippen molar-refractivity contribution >= 4 is 39.2 Å². The van der Waals surface area contributed by atoms with Gasteiger partial charge in [0, 0.05) is 16.8 Å². The van der Waals surface area contributed by atoms with Gasteiger partial charge in [0.2, 0.25) is 5.91 Å². The van der Waals surface area contributed by atoms with E-state index in [4.69, 9.17) is 0 Å². The van der Waals surface area contributed by atoms with Gasteiger partial charge in [0.15, 0.2) is 0 Å². The Labute approximate surface area is 133 Å². The number of carbonyl (C=O) groups excluding carboxylic acids is 1. The van der Waals surface area contributed by atoms with E-state index in [1.807, 2.05) is 13.8 Å². The number of aryl methyl sites for hydroxylation is 3. The Morgan fingerprint density at radius 3 is 2.81 bits per heavy atom. The first kappa shape index (κ1) is 16.0. The molecule has 0 saturated carbocycles. The molecule has 1 amide bonds. The predicted molar refractivity (Wildman–Crippen MR) is 90.2 cm³/mol. The molecular formula is C15H19N3OS2.